The first-order valence-corrected chi connectivity index (χ1v) is 12.3. The van der Waals surface area contributed by atoms with Crippen LogP contribution in [-0.2, 0) is 10.0 Å². The number of sulfonamides is 1. The summed E-state index contributed by atoms with van der Waals surface area (Å²) in [6, 6.07) is 18.2. The summed E-state index contributed by atoms with van der Waals surface area (Å²) < 4.78 is 27.0. The molecule has 0 spiro atoms. The SMILES string of the molecule is Nc1ccc(O)c(C(=O)O)c1.O=C(O)c1cc(/N=N/c2ccc(S(=O)(=O)Nc3ccccn3)cc2)ccc1O. The Labute approximate surface area is 221 Å². The number of carboxylic acid groups (broad SMARTS) is 2. The Bertz CT molecular complexity index is 1630. The van der Waals surface area contributed by atoms with E-state index in [9.17, 15) is 23.1 Å². The Balaban J connectivity index is 0.000000320. The lowest BCUT2D eigenvalue weighted by Gasteiger charge is -2.07. The second-order valence-electron chi connectivity index (χ2n) is 7.60. The van der Waals surface area contributed by atoms with Gasteiger partial charge in [0.1, 0.15) is 28.4 Å². The Kier molecular flexibility index (Phi) is 8.75. The highest BCUT2D eigenvalue weighted by molar-refractivity contribution is 7.92. The van der Waals surface area contributed by atoms with E-state index in [1.54, 1.807) is 12.1 Å². The van der Waals surface area contributed by atoms with Gasteiger partial charge in [0.15, 0.2) is 0 Å². The molecule has 0 amide bonds. The maximum absolute atomic E-state index is 12.3. The van der Waals surface area contributed by atoms with Crippen molar-refractivity contribution < 1.29 is 38.4 Å². The summed E-state index contributed by atoms with van der Waals surface area (Å²) in [7, 11) is -3.79. The van der Waals surface area contributed by atoms with Gasteiger partial charge in [-0.2, -0.15) is 10.2 Å². The molecule has 4 rings (SSSR count). The van der Waals surface area contributed by atoms with Crippen LogP contribution in [-0.4, -0.2) is 45.8 Å². The number of rotatable bonds is 7. The molecule has 3 aromatic carbocycles. The van der Waals surface area contributed by atoms with Crippen molar-refractivity contribution in [3.8, 4) is 11.5 Å². The van der Waals surface area contributed by atoms with Gasteiger partial charge in [-0.05, 0) is 72.8 Å². The van der Waals surface area contributed by atoms with E-state index in [0.29, 0.717) is 11.4 Å². The van der Waals surface area contributed by atoms with Crippen molar-refractivity contribution in [2.24, 2.45) is 10.2 Å². The molecule has 1 aromatic heterocycles. The topological polar surface area (TPSA) is 225 Å². The summed E-state index contributed by atoms with van der Waals surface area (Å²) >= 11 is 0. The number of aromatic carboxylic acids is 2. The lowest BCUT2D eigenvalue weighted by Crippen LogP contribution is -2.13. The maximum atomic E-state index is 12.3. The first-order chi connectivity index (χ1) is 18.5. The van der Waals surface area contributed by atoms with Gasteiger partial charge in [-0.15, -0.1) is 0 Å². The summed E-state index contributed by atoms with van der Waals surface area (Å²) in [6.45, 7) is 0. The van der Waals surface area contributed by atoms with Gasteiger partial charge in [0.05, 0.1) is 16.3 Å². The van der Waals surface area contributed by atoms with Gasteiger partial charge >= 0.3 is 11.9 Å². The monoisotopic (exact) mass is 551 g/mol. The first-order valence-electron chi connectivity index (χ1n) is 10.8. The molecule has 14 heteroatoms. The van der Waals surface area contributed by atoms with Gasteiger partial charge in [-0.3, -0.25) is 4.72 Å². The summed E-state index contributed by atoms with van der Waals surface area (Å²) in [5, 5.41) is 43.7. The molecule has 4 aromatic rings. The number of hydrogen-bond acceptors (Lipinski definition) is 10. The van der Waals surface area contributed by atoms with Crippen LogP contribution in [0.15, 0.2) is 100 Å². The molecule has 0 saturated carbocycles. The van der Waals surface area contributed by atoms with Crippen LogP contribution < -0.4 is 10.5 Å². The van der Waals surface area contributed by atoms with E-state index in [0.717, 1.165) is 0 Å². The fraction of sp³-hybridized carbons (Fsp3) is 0. The van der Waals surface area contributed by atoms with Crippen LogP contribution >= 0.6 is 0 Å². The predicted molar refractivity (Wildman–Crippen MR) is 140 cm³/mol. The third kappa shape index (κ3) is 7.74. The molecular formula is C25H21N5O8S. The molecule has 0 aliphatic carbocycles. The molecule has 0 bridgehead atoms. The molecule has 39 heavy (non-hydrogen) atoms. The number of nitrogens with zero attached hydrogens (tertiary/aromatic N) is 3. The van der Waals surface area contributed by atoms with Crippen LogP contribution in [0.4, 0.5) is 22.9 Å². The molecule has 7 N–H and O–H groups in total. The number of aromatic hydroxyl groups is 2. The maximum Gasteiger partial charge on any atom is 0.339 e. The van der Waals surface area contributed by atoms with Crippen LogP contribution in [0, 0.1) is 0 Å². The normalized spacial score (nSPS) is 10.9. The number of pyridine rings is 1. The second-order valence-corrected chi connectivity index (χ2v) is 9.29. The number of phenols is 2. The molecule has 13 nitrogen and oxygen atoms in total. The van der Waals surface area contributed by atoms with Crippen molar-refractivity contribution >= 4 is 44.8 Å². The number of aromatic nitrogens is 1. The molecule has 0 aliphatic heterocycles. The van der Waals surface area contributed by atoms with E-state index in [1.807, 2.05) is 0 Å². The zero-order valence-corrected chi connectivity index (χ0v) is 20.6. The van der Waals surface area contributed by atoms with E-state index < -0.39 is 22.0 Å². The first kappa shape index (κ1) is 28.1. The Morgan fingerprint density at radius 1 is 0.769 bits per heavy atom. The van der Waals surface area contributed by atoms with Gasteiger partial charge in [0, 0.05) is 11.9 Å². The molecular weight excluding hydrogens is 530 g/mol. The summed E-state index contributed by atoms with van der Waals surface area (Å²) in [4.78, 5) is 25.3. The summed E-state index contributed by atoms with van der Waals surface area (Å²) in [5.41, 5.74) is 5.73. The number of benzene rings is 3. The number of nitrogens with one attached hydrogen (secondary N) is 1. The molecule has 1 heterocycles. The highest BCUT2D eigenvalue weighted by atomic mass is 32.2. The Hall–Kier alpha value is -5.50. The minimum absolute atomic E-state index is 0.0231. The molecule has 0 aliphatic rings. The molecule has 0 unspecified atom stereocenters. The van der Waals surface area contributed by atoms with E-state index in [1.165, 1.54) is 72.9 Å². The number of nitrogens with two attached hydrogens (primary N) is 1. The Morgan fingerprint density at radius 2 is 1.33 bits per heavy atom. The van der Waals surface area contributed by atoms with Gasteiger partial charge in [0.25, 0.3) is 10.0 Å². The third-order valence-corrected chi connectivity index (χ3v) is 6.16. The van der Waals surface area contributed by atoms with Gasteiger partial charge in [-0.1, -0.05) is 6.07 Å². The quantitative estimate of drug-likeness (QED) is 0.108. The Morgan fingerprint density at radius 3 is 1.90 bits per heavy atom. The zero-order chi connectivity index (χ0) is 28.6. The lowest BCUT2D eigenvalue weighted by molar-refractivity contribution is 0.0682. The number of carboxylic acids is 2. The zero-order valence-electron chi connectivity index (χ0n) is 19.8. The second kappa shape index (κ2) is 12.2. The fourth-order valence-electron chi connectivity index (χ4n) is 2.91. The largest absolute Gasteiger partial charge is 0.507 e. The minimum Gasteiger partial charge on any atom is -0.507 e. The third-order valence-electron chi connectivity index (χ3n) is 4.79. The molecule has 0 atom stereocenters. The van der Waals surface area contributed by atoms with Crippen LogP contribution in [0.3, 0.4) is 0 Å². The van der Waals surface area contributed by atoms with Crippen molar-refractivity contribution in [2.75, 3.05) is 10.5 Å². The summed E-state index contributed by atoms with van der Waals surface area (Å²) in [5.74, 6) is -2.92. The number of nitrogen functional groups attached to an aromatic ring is 1. The van der Waals surface area contributed by atoms with Crippen molar-refractivity contribution in [2.45, 2.75) is 4.90 Å². The van der Waals surface area contributed by atoms with Crippen molar-refractivity contribution in [1.82, 2.24) is 4.98 Å². The van der Waals surface area contributed by atoms with Crippen LogP contribution in [0.5, 0.6) is 11.5 Å². The minimum atomic E-state index is -3.79. The van der Waals surface area contributed by atoms with E-state index in [2.05, 4.69) is 19.9 Å². The average Bonchev–Trinajstić information content (AvgIpc) is 2.90. The average molecular weight is 552 g/mol. The summed E-state index contributed by atoms with van der Waals surface area (Å²) in [6.07, 6.45) is 1.47. The van der Waals surface area contributed by atoms with Crippen LogP contribution in [0.2, 0.25) is 0 Å². The fourth-order valence-corrected chi connectivity index (χ4v) is 3.92. The van der Waals surface area contributed by atoms with Crippen molar-refractivity contribution in [3.63, 3.8) is 0 Å². The predicted octanol–water partition coefficient (Wildman–Crippen LogP) is 4.37. The van der Waals surface area contributed by atoms with Crippen molar-refractivity contribution in [3.05, 3.63) is 96.2 Å². The van der Waals surface area contributed by atoms with Crippen LogP contribution in [0.25, 0.3) is 0 Å². The van der Waals surface area contributed by atoms with Gasteiger partial charge < -0.3 is 26.2 Å². The molecule has 200 valence electrons. The smallest absolute Gasteiger partial charge is 0.339 e. The van der Waals surface area contributed by atoms with E-state index in [4.69, 9.17) is 21.1 Å². The molecule has 0 saturated heterocycles. The number of carbonyl (C=O) groups is 2. The standard InChI is InChI=1S/C18H14N4O5S.C7H7NO3/c23-16-9-6-13(11-15(16)18(24)25)21-20-12-4-7-14(8-5-12)28(26,27)22-17-3-1-2-10-19-17;8-4-1-2-6(9)5(3-4)7(10)11/h1-11,23H,(H,19,22)(H,24,25);1-3,9H,8H2,(H,10,11)/b21-20+;. The highest BCUT2D eigenvalue weighted by Crippen LogP contribution is 2.26. The number of azo groups is 1. The van der Waals surface area contributed by atoms with Crippen molar-refractivity contribution in [1.29, 1.82) is 0 Å². The number of anilines is 2. The van der Waals surface area contributed by atoms with E-state index >= 15 is 0 Å². The van der Waals surface area contributed by atoms with Gasteiger partial charge in [0.2, 0.25) is 0 Å². The van der Waals surface area contributed by atoms with Crippen LogP contribution in [0.1, 0.15) is 20.7 Å². The number of hydrogen-bond donors (Lipinski definition) is 6. The molecule has 0 fully saturated rings. The van der Waals surface area contributed by atoms with E-state index in [-0.39, 0.29) is 39.0 Å². The lowest BCUT2D eigenvalue weighted by atomic mass is 10.2. The highest BCUT2D eigenvalue weighted by Gasteiger charge is 2.14. The van der Waals surface area contributed by atoms with Gasteiger partial charge in [-0.25, -0.2) is 23.0 Å². The molecule has 0 radical (unpaired) electrons.